The van der Waals surface area contributed by atoms with Gasteiger partial charge in [-0.25, -0.2) is 4.68 Å². The number of hydrogen-bond acceptors (Lipinski definition) is 17. The zero-order valence-electron chi connectivity index (χ0n) is 48.2. The predicted molar refractivity (Wildman–Crippen MR) is 293 cm³/mol. The summed E-state index contributed by atoms with van der Waals surface area (Å²) in [5.74, 6) is -2.81. The molecule has 0 unspecified atom stereocenters. The maximum Gasteiger partial charge on any atom is 0.311 e. The third-order valence-electron chi connectivity index (χ3n) is 16.9. The van der Waals surface area contributed by atoms with Gasteiger partial charge in [-0.2, -0.15) is 0 Å². The second kappa shape index (κ2) is 25.1. The van der Waals surface area contributed by atoms with Gasteiger partial charge in [0.05, 0.1) is 54.3 Å². The summed E-state index contributed by atoms with van der Waals surface area (Å²) >= 11 is 0. The number of hydrogen-bond donors (Lipinski definition) is 5. The smallest absolute Gasteiger partial charge is 0.311 e. The number of benzene rings is 2. The summed E-state index contributed by atoms with van der Waals surface area (Å²) in [6.07, 6.45) is -5.44. The van der Waals surface area contributed by atoms with Crippen LogP contribution in [0.25, 0.3) is 16.9 Å². The minimum Gasteiger partial charge on any atom is -0.459 e. The van der Waals surface area contributed by atoms with E-state index in [1.807, 2.05) is 108 Å². The maximum atomic E-state index is 14.5. The van der Waals surface area contributed by atoms with Crippen LogP contribution in [0.1, 0.15) is 112 Å². The fourth-order valence-electron chi connectivity index (χ4n) is 12.1. The summed E-state index contributed by atoms with van der Waals surface area (Å²) in [7, 11) is 5.29. The number of rotatable bonds is 13. The highest BCUT2D eigenvalue weighted by Gasteiger charge is 2.53. The summed E-state index contributed by atoms with van der Waals surface area (Å²) in [5.41, 5.74) is 0.736. The number of methoxy groups -OCH3 is 1. The first-order valence-electron chi connectivity index (χ1n) is 27.7. The molecule has 0 aliphatic carbocycles. The number of ether oxygens (including phenoxy) is 6. The van der Waals surface area contributed by atoms with E-state index >= 15 is 0 Å². The summed E-state index contributed by atoms with van der Waals surface area (Å²) in [4.78, 5) is 31.0. The standard InChI is InChI=1S/C59H88N6O13/c1-15-47-59(11,72)52(68)39(7)62(12)29-35(3)27-57(9,71)54(37(5)51(38(6)55(70)76-47)77-49-28-58(10,73-14)53(69)40(8)75-49)78-56-50(67)46(26-36(4)74-56)63(13)31-41-17-21-43(22-18-41)45-33-64(61-60-45)32-42-19-23-44(24-20-42)65-30-34(2)16-25-48(65)66/h16-25,30,33,35-40,46-47,49-54,56,67-69,71-72H,15,26-29,31-32H2,1-14H3/t35-,36-,37+,38-,39-,40+,46+,47-,49+,50-,51+,52-,53+,54-,56+,57-,58-,59-/m1/s1. The van der Waals surface area contributed by atoms with Gasteiger partial charge in [-0.05, 0) is 123 Å². The lowest BCUT2D eigenvalue weighted by Crippen LogP contribution is -2.60. The molecular weight excluding hydrogens is 1000 g/mol. The molecule has 19 heteroatoms. The van der Waals surface area contributed by atoms with E-state index < -0.39 is 102 Å². The first-order chi connectivity index (χ1) is 36.7. The van der Waals surface area contributed by atoms with Crippen molar-refractivity contribution in [3.63, 3.8) is 0 Å². The number of aliphatic hydroxyl groups is 5. The quantitative estimate of drug-likeness (QED) is 0.108. The van der Waals surface area contributed by atoms with Gasteiger partial charge in [0.1, 0.15) is 35.7 Å². The Bertz CT molecular complexity index is 2650. The third-order valence-corrected chi connectivity index (χ3v) is 16.9. The topological polar surface area (TPSA) is 233 Å². The van der Waals surface area contributed by atoms with Crippen LogP contribution in [-0.2, 0) is 46.3 Å². The maximum absolute atomic E-state index is 14.5. The van der Waals surface area contributed by atoms with Gasteiger partial charge in [-0.3, -0.25) is 19.1 Å². The highest BCUT2D eigenvalue weighted by Crippen LogP contribution is 2.40. The lowest BCUT2D eigenvalue weighted by Gasteiger charge is -2.49. The molecule has 18 atom stereocenters. The Kier molecular flexibility index (Phi) is 19.7. The zero-order chi connectivity index (χ0) is 57.2. The minimum absolute atomic E-state index is 0.0918. The van der Waals surface area contributed by atoms with Crippen LogP contribution in [0.5, 0.6) is 0 Å². The average Bonchev–Trinajstić information content (AvgIpc) is 3.90. The van der Waals surface area contributed by atoms with E-state index in [0.717, 1.165) is 27.9 Å². The van der Waals surface area contributed by atoms with E-state index in [0.29, 0.717) is 31.7 Å². The fraction of sp³-hybridized carbons (Fsp3) is 0.661. The number of aliphatic hydroxyl groups excluding tert-OH is 3. The number of cyclic esters (lactones) is 1. The van der Waals surface area contributed by atoms with E-state index in [4.69, 9.17) is 28.4 Å². The van der Waals surface area contributed by atoms with Crippen LogP contribution in [0, 0.1) is 24.7 Å². The summed E-state index contributed by atoms with van der Waals surface area (Å²) in [5, 5.41) is 68.8. The van der Waals surface area contributed by atoms with Crippen LogP contribution in [0.15, 0.2) is 77.9 Å². The number of aromatic nitrogens is 4. The molecule has 5 N–H and O–H groups in total. The Balaban J connectivity index is 1.11. The molecule has 432 valence electrons. The Hall–Kier alpha value is -4.48. The van der Waals surface area contributed by atoms with Gasteiger partial charge in [-0.15, -0.1) is 5.10 Å². The number of esters is 1. The van der Waals surface area contributed by atoms with Crippen LogP contribution in [-0.4, -0.2) is 179 Å². The molecule has 0 saturated carbocycles. The lowest BCUT2D eigenvalue weighted by atomic mass is 9.77. The number of carbonyl (C=O) groups excluding carboxylic acids is 1. The largest absolute Gasteiger partial charge is 0.459 e. The lowest BCUT2D eigenvalue weighted by molar-refractivity contribution is -0.318. The van der Waals surface area contributed by atoms with Gasteiger partial charge < -0.3 is 58.9 Å². The highest BCUT2D eigenvalue weighted by molar-refractivity contribution is 5.73. The van der Waals surface area contributed by atoms with Crippen molar-refractivity contribution in [2.24, 2.45) is 17.8 Å². The zero-order valence-corrected chi connectivity index (χ0v) is 48.2. The number of likely N-dealkylation sites (N-methyl/N-ethyl adjacent to an activating group) is 2. The summed E-state index contributed by atoms with van der Waals surface area (Å²) in [6.45, 7) is 20.9. The second-order valence-corrected chi connectivity index (χ2v) is 23.7. The molecular formula is C59H88N6O13. The fourth-order valence-corrected chi connectivity index (χ4v) is 12.1. The highest BCUT2D eigenvalue weighted by atomic mass is 16.7. The van der Waals surface area contributed by atoms with Crippen molar-refractivity contribution in [1.82, 2.24) is 29.4 Å². The molecule has 3 fully saturated rings. The van der Waals surface area contributed by atoms with Crippen molar-refractivity contribution in [2.45, 2.75) is 205 Å². The van der Waals surface area contributed by atoms with Crippen LogP contribution < -0.4 is 5.56 Å². The molecule has 0 spiro atoms. The Morgan fingerprint density at radius 1 is 0.846 bits per heavy atom. The predicted octanol–water partition coefficient (Wildman–Crippen LogP) is 5.24. The van der Waals surface area contributed by atoms with Gasteiger partial charge in [0.15, 0.2) is 12.6 Å². The summed E-state index contributed by atoms with van der Waals surface area (Å²) in [6, 6.07) is 18.2. The summed E-state index contributed by atoms with van der Waals surface area (Å²) < 4.78 is 41.9. The molecule has 2 aromatic heterocycles. The number of carbonyl (C=O) groups is 1. The third kappa shape index (κ3) is 13.8. The van der Waals surface area contributed by atoms with E-state index in [2.05, 4.69) is 15.2 Å². The van der Waals surface area contributed by atoms with Gasteiger partial charge in [-0.1, -0.05) is 68.4 Å². The number of pyridine rings is 1. The molecule has 4 aromatic rings. The van der Waals surface area contributed by atoms with Crippen LogP contribution in [0.3, 0.4) is 0 Å². The Morgan fingerprint density at radius 2 is 1.51 bits per heavy atom. The second-order valence-electron chi connectivity index (χ2n) is 23.7. The molecule has 3 aliphatic heterocycles. The SMILES string of the molecule is CC[C@H]1OC(=O)[C@H](C)[C@@H](O[C@H]2C[C@@](C)(OC)[C@@H](O)[C@H](C)O2)[C@H](C)[C@@H](O[C@@H]2O[C@H](C)C[C@H](N(C)Cc3ccc(-c4cn(Cc5ccc(-n6cc(C)ccc6=O)cc5)nn4)cc3)[C@H]2O)[C@](C)(O)C[C@@H](C)CN(C)[C@H](C)[C@@H](O)[C@]1(C)O. The molecule has 78 heavy (non-hydrogen) atoms. The average molecular weight is 1090 g/mol. The number of aryl methyl sites for hydroxylation is 1. The Labute approximate surface area is 460 Å². The molecule has 0 amide bonds. The van der Waals surface area contributed by atoms with Crippen molar-refractivity contribution in [1.29, 1.82) is 0 Å². The van der Waals surface area contributed by atoms with Crippen molar-refractivity contribution in [3.05, 3.63) is 100 Å². The monoisotopic (exact) mass is 1090 g/mol. The van der Waals surface area contributed by atoms with Gasteiger partial charge >= 0.3 is 5.97 Å². The van der Waals surface area contributed by atoms with Gasteiger partial charge in [0, 0.05) is 68.1 Å². The van der Waals surface area contributed by atoms with Crippen LogP contribution in [0.4, 0.5) is 0 Å². The van der Waals surface area contributed by atoms with E-state index in [-0.39, 0.29) is 36.8 Å². The minimum atomic E-state index is -1.84. The molecule has 3 saturated heterocycles. The van der Waals surface area contributed by atoms with Crippen molar-refractivity contribution in [2.75, 3.05) is 27.7 Å². The van der Waals surface area contributed by atoms with Crippen molar-refractivity contribution < 1.29 is 58.7 Å². The normalized spacial score (nSPS) is 36.9. The molecule has 7 rings (SSSR count). The van der Waals surface area contributed by atoms with E-state index in [9.17, 15) is 35.1 Å². The first-order valence-corrected chi connectivity index (χ1v) is 27.7. The van der Waals surface area contributed by atoms with Gasteiger partial charge in [0.25, 0.3) is 5.56 Å². The number of nitrogens with zero attached hydrogens (tertiary/aromatic N) is 6. The van der Waals surface area contributed by atoms with Crippen LogP contribution >= 0.6 is 0 Å². The van der Waals surface area contributed by atoms with E-state index in [1.165, 1.54) is 14.0 Å². The van der Waals surface area contributed by atoms with Crippen molar-refractivity contribution in [3.8, 4) is 16.9 Å². The molecule has 19 nitrogen and oxygen atoms in total. The molecule has 0 radical (unpaired) electrons. The van der Waals surface area contributed by atoms with E-state index in [1.54, 1.807) is 62.9 Å². The molecule has 2 aromatic carbocycles. The molecule has 5 heterocycles. The van der Waals surface area contributed by atoms with Gasteiger partial charge in [0.2, 0.25) is 0 Å². The van der Waals surface area contributed by atoms with Crippen LogP contribution in [0.2, 0.25) is 0 Å². The molecule has 0 bridgehead atoms. The first kappa shape index (κ1) is 61.1. The Morgan fingerprint density at radius 3 is 2.17 bits per heavy atom. The molecule has 3 aliphatic rings. The van der Waals surface area contributed by atoms with Crippen molar-refractivity contribution >= 4 is 5.97 Å².